The van der Waals surface area contributed by atoms with Crippen LogP contribution in [0.5, 0.6) is 0 Å². The number of ether oxygens (including phenoxy) is 4. The van der Waals surface area contributed by atoms with Crippen LogP contribution in [-0.4, -0.2) is 94.9 Å². The van der Waals surface area contributed by atoms with Gasteiger partial charge in [0.1, 0.15) is 34.7 Å². The Morgan fingerprint density at radius 2 is 1.00 bits per heavy atom. The molecular weight excluding hydrogens is 668 g/mol. The minimum atomic E-state index is -1.04. The van der Waals surface area contributed by atoms with Gasteiger partial charge in [0.15, 0.2) is 0 Å². The Labute approximate surface area is 286 Å². The molecule has 0 saturated heterocycles. The van der Waals surface area contributed by atoms with Crippen molar-refractivity contribution in [2.24, 2.45) is 0 Å². The van der Waals surface area contributed by atoms with Crippen LogP contribution in [0.25, 0.3) is 0 Å². The van der Waals surface area contributed by atoms with Crippen LogP contribution in [-0.2, 0) is 41.6 Å². The zero-order valence-corrected chi connectivity index (χ0v) is 29.8. The van der Waals surface area contributed by atoms with Gasteiger partial charge in [0.25, 0.3) is 11.8 Å². The van der Waals surface area contributed by atoms with Crippen molar-refractivity contribution in [1.82, 2.24) is 31.2 Å². The average Bonchev–Trinajstić information content (AvgIpc) is 3.67. The van der Waals surface area contributed by atoms with Crippen LogP contribution < -0.4 is 21.3 Å². The van der Waals surface area contributed by atoms with Gasteiger partial charge in [0, 0.05) is 22.9 Å². The van der Waals surface area contributed by atoms with E-state index in [2.05, 4.69) is 31.2 Å². The number of methoxy groups -OCH3 is 2. The number of carbonyl (C=O) groups is 6. The molecule has 2 atom stereocenters. The van der Waals surface area contributed by atoms with E-state index >= 15 is 0 Å². The van der Waals surface area contributed by atoms with Gasteiger partial charge in [-0.15, -0.1) is 0 Å². The summed E-state index contributed by atoms with van der Waals surface area (Å²) in [5.74, 6) is -2.38. The molecule has 0 aromatic carbocycles. The number of alkyl carbamates (subject to hydrolysis) is 2. The maximum Gasteiger partial charge on any atom is 0.407 e. The lowest BCUT2D eigenvalue weighted by atomic mass is 10.2. The summed E-state index contributed by atoms with van der Waals surface area (Å²) in [6.07, 6.45) is -1.22. The number of carbonyl (C=O) groups excluding carboxylic acids is 6. The van der Waals surface area contributed by atoms with Gasteiger partial charge in [-0.3, -0.25) is 9.59 Å². The molecule has 0 bridgehead atoms. The molecule has 0 spiro atoms. The van der Waals surface area contributed by atoms with Crippen LogP contribution in [0.1, 0.15) is 73.9 Å². The summed E-state index contributed by atoms with van der Waals surface area (Å²) in [6, 6.07) is 4.16. The minimum absolute atomic E-state index is 0.0727. The fraction of sp³-hybridized carbons (Fsp3) is 0.533. The van der Waals surface area contributed by atoms with Gasteiger partial charge >= 0.3 is 24.1 Å². The first-order valence-electron chi connectivity index (χ1n) is 14.7. The second kappa shape index (κ2) is 18.3. The normalized spacial score (nSPS) is 12.6. The molecule has 0 radical (unpaired) electrons. The van der Waals surface area contributed by atoms with E-state index in [1.807, 2.05) is 0 Å². The SMILES string of the molecule is COC(=O)[C@H](CSSC[C@H](NC(=O)c1ccc(CNC(=O)OC(C)(C)C)[nH]1)C(=O)OC)NC(=O)c1ccc(CNC(=O)OC(C)(C)C)[nH]1. The number of rotatable bonds is 15. The van der Waals surface area contributed by atoms with Crippen LogP contribution in [0.3, 0.4) is 0 Å². The summed E-state index contributed by atoms with van der Waals surface area (Å²) in [5.41, 5.74) is 0.0724. The summed E-state index contributed by atoms with van der Waals surface area (Å²) >= 11 is 0. The molecule has 2 heterocycles. The van der Waals surface area contributed by atoms with Crippen LogP contribution in [0.4, 0.5) is 9.59 Å². The first kappa shape index (κ1) is 39.9. The molecule has 2 rings (SSSR count). The fourth-order valence-corrected chi connectivity index (χ4v) is 5.94. The molecule has 2 aromatic heterocycles. The Hall–Kier alpha value is -4.32. The molecule has 16 nitrogen and oxygen atoms in total. The Kier molecular flexibility index (Phi) is 15.2. The van der Waals surface area contributed by atoms with Crippen molar-refractivity contribution in [3.05, 3.63) is 47.0 Å². The Bertz CT molecular complexity index is 1320. The minimum Gasteiger partial charge on any atom is -0.467 e. The van der Waals surface area contributed by atoms with Crippen LogP contribution in [0.2, 0.25) is 0 Å². The van der Waals surface area contributed by atoms with E-state index in [-0.39, 0.29) is 36.0 Å². The molecule has 0 saturated carbocycles. The van der Waals surface area contributed by atoms with Gasteiger partial charge in [-0.05, 0) is 65.8 Å². The molecule has 0 unspecified atom stereocenters. The summed E-state index contributed by atoms with van der Waals surface area (Å²) < 4.78 is 20.1. The fourth-order valence-electron chi connectivity index (χ4n) is 3.64. The number of hydrogen-bond donors (Lipinski definition) is 6. The lowest BCUT2D eigenvalue weighted by Crippen LogP contribution is -2.44. The second-order valence-corrected chi connectivity index (χ2v) is 14.7. The summed E-state index contributed by atoms with van der Waals surface area (Å²) in [5, 5.41) is 10.4. The van der Waals surface area contributed by atoms with Crippen molar-refractivity contribution >= 4 is 57.5 Å². The highest BCUT2D eigenvalue weighted by atomic mass is 33.1. The monoisotopic (exact) mass is 712 g/mol. The van der Waals surface area contributed by atoms with Crippen LogP contribution in [0.15, 0.2) is 24.3 Å². The van der Waals surface area contributed by atoms with Gasteiger partial charge in [-0.25, -0.2) is 19.2 Å². The van der Waals surface area contributed by atoms with Crippen molar-refractivity contribution in [2.45, 2.75) is 77.9 Å². The number of amides is 4. The van der Waals surface area contributed by atoms with E-state index in [1.54, 1.807) is 53.7 Å². The quantitative estimate of drug-likeness (QED) is 0.0680. The molecule has 48 heavy (non-hydrogen) atoms. The van der Waals surface area contributed by atoms with Crippen molar-refractivity contribution in [2.75, 3.05) is 25.7 Å². The Morgan fingerprint density at radius 3 is 1.31 bits per heavy atom. The third-order valence-corrected chi connectivity index (χ3v) is 8.18. The predicted molar refractivity (Wildman–Crippen MR) is 179 cm³/mol. The van der Waals surface area contributed by atoms with E-state index in [0.717, 1.165) is 0 Å². The van der Waals surface area contributed by atoms with Gasteiger partial charge in [0.2, 0.25) is 0 Å². The van der Waals surface area contributed by atoms with Gasteiger partial charge in [-0.2, -0.15) is 0 Å². The molecule has 0 fully saturated rings. The predicted octanol–water partition coefficient (Wildman–Crippen LogP) is 3.02. The van der Waals surface area contributed by atoms with Crippen molar-refractivity contribution in [3.63, 3.8) is 0 Å². The largest absolute Gasteiger partial charge is 0.467 e. The first-order chi connectivity index (χ1) is 22.4. The number of H-pyrrole nitrogens is 2. The number of hydrogen-bond acceptors (Lipinski definition) is 12. The van der Waals surface area contributed by atoms with Gasteiger partial charge < -0.3 is 50.2 Å². The second-order valence-electron chi connectivity index (χ2n) is 12.2. The molecule has 18 heteroatoms. The summed E-state index contributed by atoms with van der Waals surface area (Å²) in [7, 11) is 4.72. The molecule has 0 aliphatic heterocycles. The number of aromatic amines is 2. The maximum absolute atomic E-state index is 12.9. The van der Waals surface area contributed by atoms with E-state index in [9.17, 15) is 28.8 Å². The number of aromatic nitrogens is 2. The third kappa shape index (κ3) is 14.6. The smallest absolute Gasteiger partial charge is 0.407 e. The number of nitrogens with one attached hydrogen (secondary N) is 6. The van der Waals surface area contributed by atoms with E-state index in [1.165, 1.54) is 47.9 Å². The molecule has 4 amide bonds. The highest BCUT2D eigenvalue weighted by Crippen LogP contribution is 2.24. The van der Waals surface area contributed by atoms with Gasteiger partial charge in [0.05, 0.1) is 27.3 Å². The Balaban J connectivity index is 1.89. The molecule has 266 valence electrons. The van der Waals surface area contributed by atoms with Crippen molar-refractivity contribution < 1.29 is 47.7 Å². The van der Waals surface area contributed by atoms with Crippen molar-refractivity contribution in [3.8, 4) is 0 Å². The van der Waals surface area contributed by atoms with E-state index < -0.39 is 59.2 Å². The summed E-state index contributed by atoms with van der Waals surface area (Å²) in [6.45, 7) is 10.6. The van der Waals surface area contributed by atoms with Crippen LogP contribution in [0, 0.1) is 0 Å². The zero-order valence-electron chi connectivity index (χ0n) is 28.2. The maximum atomic E-state index is 12.9. The lowest BCUT2D eigenvalue weighted by molar-refractivity contribution is -0.143. The number of esters is 2. The first-order valence-corrected chi connectivity index (χ1v) is 17.2. The van der Waals surface area contributed by atoms with E-state index in [0.29, 0.717) is 11.4 Å². The standard InChI is InChI=1S/C30H44N6O10S2/c1-29(2,3)45-27(41)31-13-17-9-11-19(33-17)23(37)35-21(25(39)43-7)15-47-48-16-22(26(40)44-8)36-24(38)20-12-10-18(34-20)14-32-28(42)46-30(4,5)6/h9-12,21-22,33-34H,13-16H2,1-8H3,(H,31,41)(H,32,42)(H,35,37)(H,36,38)/t21-,22-/m0/s1. The highest BCUT2D eigenvalue weighted by molar-refractivity contribution is 8.76. The topological polar surface area (TPSA) is 219 Å². The Morgan fingerprint density at radius 1 is 0.646 bits per heavy atom. The molecule has 0 aliphatic rings. The zero-order chi connectivity index (χ0) is 36.1. The van der Waals surface area contributed by atoms with Crippen molar-refractivity contribution in [1.29, 1.82) is 0 Å². The average molecular weight is 713 g/mol. The molecule has 2 aromatic rings. The molecular formula is C30H44N6O10S2. The van der Waals surface area contributed by atoms with Crippen LogP contribution >= 0.6 is 21.6 Å². The highest BCUT2D eigenvalue weighted by Gasteiger charge is 2.26. The lowest BCUT2D eigenvalue weighted by Gasteiger charge is -2.19. The van der Waals surface area contributed by atoms with Gasteiger partial charge in [-0.1, -0.05) is 21.6 Å². The molecule has 6 N–H and O–H groups in total. The third-order valence-electron chi connectivity index (χ3n) is 5.76. The summed E-state index contributed by atoms with van der Waals surface area (Å²) in [4.78, 5) is 80.1. The van der Waals surface area contributed by atoms with E-state index in [4.69, 9.17) is 18.9 Å². The molecule has 0 aliphatic carbocycles.